The number of ketones is 1. The van der Waals surface area contributed by atoms with Gasteiger partial charge in [0.1, 0.15) is 31.0 Å². The summed E-state index contributed by atoms with van der Waals surface area (Å²) in [6.07, 6.45) is 0.580. The molecule has 2 atom stereocenters. The lowest BCUT2D eigenvalue weighted by molar-refractivity contribution is -0.702. The molecule has 0 saturated heterocycles. The second-order valence-corrected chi connectivity index (χ2v) is 7.44. The molecule has 5 heteroatoms. The Bertz CT molecular complexity index is 717. The summed E-state index contributed by atoms with van der Waals surface area (Å²) < 4.78 is 5.63. The first-order valence-electron chi connectivity index (χ1n) is 8.60. The number of hydrogen-bond acceptors (Lipinski definition) is 4. The van der Waals surface area contributed by atoms with Crippen LogP contribution < -0.4 is 10.1 Å². The molecule has 3 N–H and O–H groups in total. The molecule has 2 aromatic carbocycles. The molecule has 1 heterocycles. The summed E-state index contributed by atoms with van der Waals surface area (Å²) >= 11 is 1.91. The molecule has 0 aromatic heterocycles. The Kier molecular flexibility index (Phi) is 6.13. The molecular weight excluding hydrogens is 334 g/mol. The molecule has 1 aliphatic heterocycles. The fourth-order valence-electron chi connectivity index (χ4n) is 2.98. The summed E-state index contributed by atoms with van der Waals surface area (Å²) in [6.45, 7) is 2.39. The largest absolute Gasteiger partial charge is 0.491 e. The quantitative estimate of drug-likeness (QED) is 0.746. The molecule has 3 rings (SSSR count). The maximum Gasteiger partial charge on any atom is 0.159 e. The molecule has 132 valence electrons. The normalized spacial score (nSPS) is 17.6. The van der Waals surface area contributed by atoms with Gasteiger partial charge >= 0.3 is 0 Å². The van der Waals surface area contributed by atoms with Crippen molar-refractivity contribution < 1.29 is 20.0 Å². The highest BCUT2D eigenvalue weighted by atomic mass is 32.2. The van der Waals surface area contributed by atoms with Gasteiger partial charge in [0.05, 0.1) is 0 Å². The molecule has 0 aliphatic carbocycles. The van der Waals surface area contributed by atoms with Crippen molar-refractivity contribution in [1.29, 1.82) is 0 Å². The van der Waals surface area contributed by atoms with Crippen molar-refractivity contribution in [1.82, 2.24) is 0 Å². The zero-order valence-corrected chi connectivity index (χ0v) is 15.2. The fourth-order valence-corrected chi connectivity index (χ4v) is 4.13. The summed E-state index contributed by atoms with van der Waals surface area (Å²) in [6, 6.07) is 15.9. The fraction of sp³-hybridized carbons (Fsp3) is 0.350. The van der Waals surface area contributed by atoms with Gasteiger partial charge in [-0.3, -0.25) is 4.79 Å². The molecule has 0 spiro atoms. The number of benzene rings is 2. The van der Waals surface area contributed by atoms with Crippen molar-refractivity contribution in [3.63, 3.8) is 0 Å². The van der Waals surface area contributed by atoms with E-state index >= 15 is 0 Å². The van der Waals surface area contributed by atoms with E-state index in [4.69, 9.17) is 4.74 Å². The molecule has 1 aliphatic rings. The number of carbonyl (C=O) groups excluding carboxylic acids is 1. The van der Waals surface area contributed by atoms with Crippen molar-refractivity contribution in [3.8, 4) is 5.75 Å². The van der Waals surface area contributed by atoms with Gasteiger partial charge in [0.15, 0.2) is 5.78 Å². The van der Waals surface area contributed by atoms with E-state index in [1.165, 1.54) is 17.4 Å². The van der Waals surface area contributed by atoms with Gasteiger partial charge in [-0.2, -0.15) is 0 Å². The standard InChI is InChI=1S/C20H23NO3S/c1-14(22)15-6-8-17(9-7-15)24-13-16(23)12-21-19-10-11-25-20-5-3-2-4-18(19)20/h2-9,16,19,21,23H,10-13H2,1H3/p+1/t16-,19+/m1/s1. The Morgan fingerprint density at radius 1 is 1.28 bits per heavy atom. The summed E-state index contributed by atoms with van der Waals surface area (Å²) in [5.74, 6) is 1.82. The van der Waals surface area contributed by atoms with Crippen molar-refractivity contribution >= 4 is 17.5 Å². The van der Waals surface area contributed by atoms with Gasteiger partial charge in [0, 0.05) is 28.2 Å². The van der Waals surface area contributed by atoms with Crippen LogP contribution in [0, 0.1) is 0 Å². The van der Waals surface area contributed by atoms with Gasteiger partial charge in [-0.05, 0) is 37.3 Å². The van der Waals surface area contributed by atoms with Crippen molar-refractivity contribution in [3.05, 3.63) is 59.7 Å². The molecule has 2 aromatic rings. The predicted octanol–water partition coefficient (Wildman–Crippen LogP) is 2.43. The van der Waals surface area contributed by atoms with E-state index in [9.17, 15) is 9.90 Å². The van der Waals surface area contributed by atoms with E-state index in [1.54, 1.807) is 24.3 Å². The Balaban J connectivity index is 1.47. The van der Waals surface area contributed by atoms with Crippen molar-refractivity contribution in [2.45, 2.75) is 30.4 Å². The van der Waals surface area contributed by atoms with Crippen LogP contribution >= 0.6 is 11.8 Å². The molecule has 0 radical (unpaired) electrons. The molecular formula is C20H24NO3S+. The maximum atomic E-state index is 11.3. The van der Waals surface area contributed by atoms with Crippen LogP contribution in [0.2, 0.25) is 0 Å². The van der Waals surface area contributed by atoms with E-state index in [-0.39, 0.29) is 12.4 Å². The SMILES string of the molecule is CC(=O)c1ccc(OC[C@H](O)C[NH2+][C@H]2CCSc3ccccc32)cc1. The molecule has 0 saturated carbocycles. The number of hydrogen-bond donors (Lipinski definition) is 2. The van der Waals surface area contributed by atoms with E-state index in [0.29, 0.717) is 23.9 Å². The zero-order chi connectivity index (χ0) is 17.6. The maximum absolute atomic E-state index is 11.3. The van der Waals surface area contributed by atoms with E-state index < -0.39 is 6.10 Å². The summed E-state index contributed by atoms with van der Waals surface area (Å²) in [7, 11) is 0. The number of aliphatic hydroxyl groups is 1. The third-order valence-electron chi connectivity index (χ3n) is 4.40. The van der Waals surface area contributed by atoms with E-state index in [1.807, 2.05) is 11.8 Å². The Morgan fingerprint density at radius 2 is 2.04 bits per heavy atom. The van der Waals surface area contributed by atoms with Crippen molar-refractivity contribution in [2.24, 2.45) is 0 Å². The van der Waals surface area contributed by atoms with Crippen LogP contribution in [0.15, 0.2) is 53.4 Å². The third kappa shape index (κ3) is 4.84. The van der Waals surface area contributed by atoms with Crippen LogP contribution in [0.3, 0.4) is 0 Å². The lowest BCUT2D eigenvalue weighted by atomic mass is 10.0. The Hall–Kier alpha value is -1.82. The minimum Gasteiger partial charge on any atom is -0.491 e. The average Bonchev–Trinajstić information content (AvgIpc) is 2.65. The number of rotatable bonds is 7. The molecule has 0 unspecified atom stereocenters. The second-order valence-electron chi connectivity index (χ2n) is 6.30. The monoisotopic (exact) mass is 358 g/mol. The lowest BCUT2D eigenvalue weighted by Gasteiger charge is -2.24. The number of quaternary nitrogens is 1. The predicted molar refractivity (Wildman–Crippen MR) is 99.3 cm³/mol. The highest BCUT2D eigenvalue weighted by molar-refractivity contribution is 7.99. The number of fused-ring (bicyclic) bond motifs is 1. The van der Waals surface area contributed by atoms with Crippen LogP contribution in [-0.2, 0) is 0 Å². The first-order valence-corrected chi connectivity index (χ1v) is 9.59. The number of Topliss-reactive ketones (excluding diaryl/α,β-unsaturated/α-hetero) is 1. The molecule has 0 bridgehead atoms. The van der Waals surface area contributed by atoms with Crippen molar-refractivity contribution in [2.75, 3.05) is 18.9 Å². The third-order valence-corrected chi connectivity index (χ3v) is 5.52. The first kappa shape index (κ1) is 18.0. The molecule has 4 nitrogen and oxygen atoms in total. The zero-order valence-electron chi connectivity index (χ0n) is 14.4. The van der Waals surface area contributed by atoms with Crippen LogP contribution in [0.1, 0.15) is 35.3 Å². The van der Waals surface area contributed by atoms with Gasteiger partial charge in [-0.25, -0.2) is 0 Å². The molecule has 25 heavy (non-hydrogen) atoms. The van der Waals surface area contributed by atoms with Crippen LogP contribution in [0.4, 0.5) is 0 Å². The number of thioether (sulfide) groups is 1. The van der Waals surface area contributed by atoms with E-state index in [2.05, 4.69) is 29.6 Å². The number of nitrogens with two attached hydrogens (primary N) is 1. The second kappa shape index (κ2) is 8.52. The smallest absolute Gasteiger partial charge is 0.159 e. The number of ether oxygens (including phenoxy) is 1. The highest BCUT2D eigenvalue weighted by Crippen LogP contribution is 2.33. The number of carbonyl (C=O) groups is 1. The van der Waals surface area contributed by atoms with Gasteiger partial charge in [0.2, 0.25) is 0 Å². The average molecular weight is 358 g/mol. The van der Waals surface area contributed by atoms with E-state index in [0.717, 1.165) is 12.2 Å². The Morgan fingerprint density at radius 3 is 2.80 bits per heavy atom. The lowest BCUT2D eigenvalue weighted by Crippen LogP contribution is -2.87. The van der Waals surface area contributed by atoms with Gasteiger partial charge in [-0.1, -0.05) is 18.2 Å². The summed E-state index contributed by atoms with van der Waals surface area (Å²) in [5.41, 5.74) is 2.03. The Labute approximate surface area is 152 Å². The van der Waals surface area contributed by atoms with Crippen LogP contribution in [0.25, 0.3) is 0 Å². The summed E-state index contributed by atoms with van der Waals surface area (Å²) in [5, 5.41) is 12.4. The van der Waals surface area contributed by atoms with Gasteiger partial charge in [-0.15, -0.1) is 11.8 Å². The van der Waals surface area contributed by atoms with Crippen LogP contribution in [0.5, 0.6) is 5.75 Å². The minimum atomic E-state index is -0.533. The van der Waals surface area contributed by atoms with Gasteiger partial charge in [0.25, 0.3) is 0 Å². The highest BCUT2D eigenvalue weighted by Gasteiger charge is 2.23. The first-order chi connectivity index (χ1) is 12.1. The number of aliphatic hydroxyl groups excluding tert-OH is 1. The molecule has 0 amide bonds. The van der Waals surface area contributed by atoms with Gasteiger partial charge < -0.3 is 15.2 Å². The van der Waals surface area contributed by atoms with Crippen LogP contribution in [-0.4, -0.2) is 35.9 Å². The summed E-state index contributed by atoms with van der Waals surface area (Å²) in [4.78, 5) is 12.6. The minimum absolute atomic E-state index is 0.0344. The topological polar surface area (TPSA) is 63.1 Å². The molecule has 0 fully saturated rings.